The highest BCUT2D eigenvalue weighted by Gasteiger charge is 2.04. The van der Waals surface area contributed by atoms with Crippen molar-refractivity contribution in [2.24, 2.45) is 0 Å². The molecule has 4 heteroatoms. The fourth-order valence-corrected chi connectivity index (χ4v) is 1.45. The Balaban J connectivity index is 0.000000659. The number of aromatic nitrogens is 2. The van der Waals surface area contributed by atoms with Crippen LogP contribution in [0.25, 0.3) is 10.8 Å². The SMILES string of the molecule is CC.CC.Cc1ccc2c(=O)[nH]nc(CO)c2c1. The van der Waals surface area contributed by atoms with Gasteiger partial charge in [-0.25, -0.2) is 5.10 Å². The number of rotatable bonds is 1. The summed E-state index contributed by atoms with van der Waals surface area (Å²) in [7, 11) is 0. The molecule has 0 aliphatic rings. The number of hydrogen-bond donors (Lipinski definition) is 2. The van der Waals surface area contributed by atoms with E-state index in [2.05, 4.69) is 10.2 Å². The van der Waals surface area contributed by atoms with E-state index in [1.807, 2.05) is 46.8 Å². The largest absolute Gasteiger partial charge is 0.390 e. The molecule has 0 fully saturated rings. The van der Waals surface area contributed by atoms with Crippen molar-refractivity contribution in [3.8, 4) is 0 Å². The molecule has 0 atom stereocenters. The van der Waals surface area contributed by atoms with Crippen molar-refractivity contribution in [1.82, 2.24) is 10.2 Å². The molecule has 1 heterocycles. The molecule has 0 spiro atoms. The third kappa shape index (κ3) is 3.67. The van der Waals surface area contributed by atoms with E-state index in [0.29, 0.717) is 11.1 Å². The van der Waals surface area contributed by atoms with Gasteiger partial charge in [0.25, 0.3) is 5.56 Å². The third-order valence-electron chi connectivity index (χ3n) is 2.17. The first-order valence-corrected chi connectivity index (χ1v) is 6.31. The number of nitrogens with zero attached hydrogens (tertiary/aromatic N) is 1. The van der Waals surface area contributed by atoms with Crippen molar-refractivity contribution < 1.29 is 5.11 Å². The van der Waals surface area contributed by atoms with Crippen molar-refractivity contribution in [2.45, 2.75) is 41.2 Å². The Kier molecular flexibility index (Phi) is 7.63. The first kappa shape index (κ1) is 16.3. The standard InChI is InChI=1S/C10H10N2O2.2C2H6/c1-6-2-3-7-8(4-6)9(5-13)11-12-10(7)14;2*1-2/h2-4,13H,5H2,1H3,(H,12,14);2*1-2H3. The second-order valence-corrected chi connectivity index (χ2v) is 3.21. The summed E-state index contributed by atoms with van der Waals surface area (Å²) in [6.07, 6.45) is 0. The van der Waals surface area contributed by atoms with Gasteiger partial charge in [-0.15, -0.1) is 0 Å². The van der Waals surface area contributed by atoms with Crippen molar-refractivity contribution in [1.29, 1.82) is 0 Å². The van der Waals surface area contributed by atoms with E-state index in [-0.39, 0.29) is 12.2 Å². The average Bonchev–Trinajstić information content (AvgIpc) is 2.43. The number of hydrogen-bond acceptors (Lipinski definition) is 3. The smallest absolute Gasteiger partial charge is 0.272 e. The van der Waals surface area contributed by atoms with Gasteiger partial charge in [-0.1, -0.05) is 39.3 Å². The van der Waals surface area contributed by atoms with Gasteiger partial charge in [0.15, 0.2) is 0 Å². The van der Waals surface area contributed by atoms with E-state index >= 15 is 0 Å². The Morgan fingerprint density at radius 2 is 1.78 bits per heavy atom. The molecule has 2 rings (SSSR count). The average molecular weight is 250 g/mol. The van der Waals surface area contributed by atoms with Gasteiger partial charge in [-0.2, -0.15) is 5.10 Å². The zero-order valence-electron chi connectivity index (χ0n) is 11.7. The molecule has 0 saturated heterocycles. The Labute approximate surface area is 108 Å². The molecular weight excluding hydrogens is 228 g/mol. The van der Waals surface area contributed by atoms with E-state index in [4.69, 9.17) is 5.11 Å². The summed E-state index contributed by atoms with van der Waals surface area (Å²) in [5, 5.41) is 16.4. The van der Waals surface area contributed by atoms with Crippen LogP contribution in [0.2, 0.25) is 0 Å². The molecule has 0 aliphatic heterocycles. The lowest BCUT2D eigenvalue weighted by atomic mass is 10.1. The van der Waals surface area contributed by atoms with Gasteiger partial charge >= 0.3 is 0 Å². The van der Waals surface area contributed by atoms with Crippen LogP contribution in [-0.4, -0.2) is 15.3 Å². The molecule has 18 heavy (non-hydrogen) atoms. The van der Waals surface area contributed by atoms with Crippen LogP contribution in [0.3, 0.4) is 0 Å². The number of aliphatic hydroxyl groups is 1. The monoisotopic (exact) mass is 250 g/mol. The molecule has 0 bridgehead atoms. The maximum atomic E-state index is 11.4. The van der Waals surface area contributed by atoms with Crippen LogP contribution in [0.5, 0.6) is 0 Å². The molecule has 0 aliphatic carbocycles. The van der Waals surface area contributed by atoms with Crippen molar-refractivity contribution in [2.75, 3.05) is 0 Å². The lowest BCUT2D eigenvalue weighted by Gasteiger charge is -2.02. The van der Waals surface area contributed by atoms with Crippen LogP contribution in [0.15, 0.2) is 23.0 Å². The summed E-state index contributed by atoms with van der Waals surface area (Å²) in [5.41, 5.74) is 1.32. The molecule has 0 radical (unpaired) electrons. The topological polar surface area (TPSA) is 66.0 Å². The summed E-state index contributed by atoms with van der Waals surface area (Å²) in [6, 6.07) is 5.45. The van der Waals surface area contributed by atoms with E-state index < -0.39 is 0 Å². The second kappa shape index (κ2) is 8.42. The summed E-state index contributed by atoms with van der Waals surface area (Å²) < 4.78 is 0. The minimum atomic E-state index is -0.225. The van der Waals surface area contributed by atoms with Gasteiger partial charge in [-0.3, -0.25) is 4.79 Å². The number of aryl methyl sites for hydroxylation is 1. The molecule has 2 N–H and O–H groups in total. The second-order valence-electron chi connectivity index (χ2n) is 3.21. The number of fused-ring (bicyclic) bond motifs is 1. The van der Waals surface area contributed by atoms with Crippen molar-refractivity contribution >= 4 is 10.8 Å². The van der Waals surface area contributed by atoms with Gasteiger partial charge in [0, 0.05) is 5.39 Å². The Morgan fingerprint density at radius 3 is 2.33 bits per heavy atom. The highest BCUT2D eigenvalue weighted by molar-refractivity contribution is 5.84. The minimum absolute atomic E-state index is 0.170. The zero-order chi connectivity index (χ0) is 14.1. The molecule has 2 aromatic rings. The number of aliphatic hydroxyl groups excluding tert-OH is 1. The Bertz CT molecular complexity index is 533. The quantitative estimate of drug-likeness (QED) is 0.818. The van der Waals surface area contributed by atoms with Gasteiger partial charge in [0.05, 0.1) is 17.7 Å². The highest BCUT2D eigenvalue weighted by atomic mass is 16.3. The fraction of sp³-hybridized carbons (Fsp3) is 0.429. The van der Waals surface area contributed by atoms with E-state index in [0.717, 1.165) is 10.9 Å². The van der Waals surface area contributed by atoms with Crippen LogP contribution in [0.1, 0.15) is 39.0 Å². The normalized spacial score (nSPS) is 9.00. The van der Waals surface area contributed by atoms with Gasteiger partial charge in [-0.05, 0) is 19.1 Å². The first-order valence-electron chi connectivity index (χ1n) is 6.31. The van der Waals surface area contributed by atoms with Gasteiger partial charge in [0.1, 0.15) is 0 Å². The maximum absolute atomic E-state index is 11.4. The molecule has 4 nitrogen and oxygen atoms in total. The van der Waals surface area contributed by atoms with Crippen LogP contribution < -0.4 is 5.56 Å². The van der Waals surface area contributed by atoms with Crippen molar-refractivity contribution in [3.05, 3.63) is 39.8 Å². The Hall–Kier alpha value is -1.68. The lowest BCUT2D eigenvalue weighted by Crippen LogP contribution is -2.11. The predicted molar refractivity (Wildman–Crippen MR) is 75.7 cm³/mol. The van der Waals surface area contributed by atoms with Crippen LogP contribution in [-0.2, 0) is 6.61 Å². The van der Waals surface area contributed by atoms with Gasteiger partial charge < -0.3 is 5.11 Å². The molecule has 100 valence electrons. The van der Waals surface area contributed by atoms with Crippen LogP contribution in [0.4, 0.5) is 0 Å². The summed E-state index contributed by atoms with van der Waals surface area (Å²) in [6.45, 7) is 9.76. The maximum Gasteiger partial charge on any atom is 0.272 e. The van der Waals surface area contributed by atoms with Gasteiger partial charge in [0.2, 0.25) is 0 Å². The zero-order valence-corrected chi connectivity index (χ0v) is 11.7. The molecular formula is C14H22N2O2. The first-order chi connectivity index (χ1) is 8.72. The molecule has 0 saturated carbocycles. The highest BCUT2D eigenvalue weighted by Crippen LogP contribution is 2.14. The lowest BCUT2D eigenvalue weighted by molar-refractivity contribution is 0.277. The van der Waals surface area contributed by atoms with Crippen LogP contribution >= 0.6 is 0 Å². The minimum Gasteiger partial charge on any atom is -0.390 e. The number of benzene rings is 1. The molecule has 0 amide bonds. The Morgan fingerprint density at radius 1 is 1.17 bits per heavy atom. The number of H-pyrrole nitrogens is 1. The molecule has 1 aromatic heterocycles. The summed E-state index contributed by atoms with van der Waals surface area (Å²) in [4.78, 5) is 11.4. The summed E-state index contributed by atoms with van der Waals surface area (Å²) in [5.74, 6) is 0. The molecule has 0 unspecified atom stereocenters. The molecule has 1 aromatic carbocycles. The van der Waals surface area contributed by atoms with Crippen LogP contribution in [0, 0.1) is 6.92 Å². The van der Waals surface area contributed by atoms with E-state index in [9.17, 15) is 4.79 Å². The van der Waals surface area contributed by atoms with E-state index in [1.54, 1.807) is 6.07 Å². The van der Waals surface area contributed by atoms with Crippen molar-refractivity contribution in [3.63, 3.8) is 0 Å². The van der Waals surface area contributed by atoms with E-state index in [1.165, 1.54) is 0 Å². The predicted octanol–water partition coefficient (Wildman–Crippen LogP) is 2.78. The number of aromatic amines is 1. The summed E-state index contributed by atoms with van der Waals surface area (Å²) >= 11 is 0. The fourth-order valence-electron chi connectivity index (χ4n) is 1.45. The number of nitrogens with one attached hydrogen (secondary N) is 1. The third-order valence-corrected chi connectivity index (χ3v) is 2.17.